The van der Waals surface area contributed by atoms with Gasteiger partial charge in [0.15, 0.2) is 6.61 Å². The normalized spacial score (nSPS) is 11.6. The summed E-state index contributed by atoms with van der Waals surface area (Å²) in [5, 5.41) is 1.74. The van der Waals surface area contributed by atoms with E-state index in [1.165, 1.54) is 30.0 Å². The molecule has 0 bridgehead atoms. The minimum atomic E-state index is -3.03. The van der Waals surface area contributed by atoms with Crippen molar-refractivity contribution in [1.82, 2.24) is 0 Å². The number of rotatable bonds is 9. The van der Waals surface area contributed by atoms with E-state index in [0.717, 1.165) is 10.5 Å². The van der Waals surface area contributed by atoms with Crippen molar-refractivity contribution < 1.29 is 27.8 Å². The number of hydrogen-bond donors (Lipinski definition) is 1. The molecule has 1 atom stereocenters. The third-order valence-electron chi connectivity index (χ3n) is 4.04. The van der Waals surface area contributed by atoms with Crippen LogP contribution in [0.1, 0.15) is 10.8 Å². The van der Waals surface area contributed by atoms with Gasteiger partial charge in [0.2, 0.25) is 0 Å². The first-order chi connectivity index (χ1) is 15.0. The van der Waals surface area contributed by atoms with Crippen LogP contribution >= 0.6 is 11.8 Å². The van der Waals surface area contributed by atoms with Crippen LogP contribution in [-0.4, -0.2) is 25.1 Å². The first-order valence-electron chi connectivity index (χ1n) is 9.30. The van der Waals surface area contributed by atoms with Crippen LogP contribution in [0.25, 0.3) is 0 Å². The van der Waals surface area contributed by atoms with Crippen LogP contribution in [-0.2, 0) is 14.3 Å². The number of carbonyl (C=O) groups excluding carboxylic acids is 2. The molecule has 0 saturated heterocycles. The maximum absolute atomic E-state index is 12.8. The summed E-state index contributed by atoms with van der Waals surface area (Å²) in [6.45, 7) is -3.60. The summed E-state index contributed by atoms with van der Waals surface area (Å²) in [4.78, 5) is 25.9. The van der Waals surface area contributed by atoms with Crippen LogP contribution in [0.2, 0.25) is 0 Å². The Balaban J connectivity index is 1.65. The number of nitrogens with one attached hydrogen (secondary N) is 1. The average Bonchev–Trinajstić information content (AvgIpc) is 2.78. The Kier molecular flexibility index (Phi) is 8.00. The molecule has 0 unspecified atom stereocenters. The number of esters is 1. The van der Waals surface area contributed by atoms with Gasteiger partial charge in [-0.05, 0) is 29.8 Å². The number of carbonyl (C=O) groups is 2. The minimum Gasteiger partial charge on any atom is -0.454 e. The quantitative estimate of drug-likeness (QED) is 0.359. The predicted octanol–water partition coefficient (Wildman–Crippen LogP) is 5.30. The van der Waals surface area contributed by atoms with E-state index < -0.39 is 30.3 Å². The molecule has 3 aromatic rings. The summed E-state index contributed by atoms with van der Waals surface area (Å²) in [7, 11) is 0. The topological polar surface area (TPSA) is 64.6 Å². The first kappa shape index (κ1) is 22.3. The molecule has 0 aliphatic carbocycles. The molecule has 0 aromatic heterocycles. The molecule has 1 amide bonds. The van der Waals surface area contributed by atoms with Gasteiger partial charge in [0.25, 0.3) is 5.91 Å². The fraction of sp³-hybridized carbons (Fsp3) is 0.130. The van der Waals surface area contributed by atoms with Crippen molar-refractivity contribution in [3.63, 3.8) is 0 Å². The van der Waals surface area contributed by atoms with E-state index >= 15 is 0 Å². The molecule has 0 spiro atoms. The van der Waals surface area contributed by atoms with Crippen LogP contribution in [0.3, 0.4) is 0 Å². The highest BCUT2D eigenvalue weighted by Gasteiger charge is 2.24. The molecule has 160 valence electrons. The third kappa shape index (κ3) is 6.82. The molecule has 0 saturated carbocycles. The van der Waals surface area contributed by atoms with Gasteiger partial charge in [-0.15, -0.1) is 11.8 Å². The van der Waals surface area contributed by atoms with Crippen LogP contribution in [0.15, 0.2) is 89.8 Å². The van der Waals surface area contributed by atoms with Gasteiger partial charge in [-0.1, -0.05) is 60.7 Å². The number of anilines is 1. The van der Waals surface area contributed by atoms with Crippen molar-refractivity contribution in [3.8, 4) is 5.75 Å². The number of para-hydroxylation sites is 2. The number of amides is 1. The number of benzene rings is 3. The standard InChI is InChI=1S/C23H19F2NO4S/c24-23(25)30-19-14-8-7-13-18(19)26-20(27)15-29-22(28)21(16-9-3-1-4-10-16)31-17-11-5-2-6-12-17/h1-14,21,23H,15H2,(H,26,27)/t21-/m0/s1. The summed E-state index contributed by atoms with van der Waals surface area (Å²) in [5.74, 6) is -1.44. The third-order valence-corrected chi connectivity index (χ3v) is 5.28. The van der Waals surface area contributed by atoms with Gasteiger partial charge in [-0.3, -0.25) is 9.59 Å². The van der Waals surface area contributed by atoms with Gasteiger partial charge in [0.05, 0.1) is 5.69 Å². The van der Waals surface area contributed by atoms with Gasteiger partial charge in [0, 0.05) is 4.90 Å². The molecular weight excluding hydrogens is 424 g/mol. The molecule has 0 heterocycles. The smallest absolute Gasteiger partial charge is 0.387 e. The molecular formula is C23H19F2NO4S. The van der Waals surface area contributed by atoms with E-state index in [4.69, 9.17) is 4.74 Å². The second-order valence-electron chi connectivity index (χ2n) is 6.25. The van der Waals surface area contributed by atoms with Crippen molar-refractivity contribution in [1.29, 1.82) is 0 Å². The largest absolute Gasteiger partial charge is 0.454 e. The fourth-order valence-electron chi connectivity index (χ4n) is 2.68. The Morgan fingerprint density at radius 1 is 0.871 bits per heavy atom. The molecule has 5 nitrogen and oxygen atoms in total. The van der Waals surface area contributed by atoms with Crippen LogP contribution in [0, 0.1) is 0 Å². The lowest BCUT2D eigenvalue weighted by molar-refractivity contribution is -0.146. The molecule has 0 radical (unpaired) electrons. The number of alkyl halides is 2. The van der Waals surface area contributed by atoms with E-state index in [2.05, 4.69) is 10.1 Å². The Labute approximate surface area is 182 Å². The molecule has 0 aliphatic heterocycles. The summed E-state index contributed by atoms with van der Waals surface area (Å²) >= 11 is 1.31. The monoisotopic (exact) mass is 443 g/mol. The second-order valence-corrected chi connectivity index (χ2v) is 7.43. The molecule has 0 fully saturated rings. The van der Waals surface area contributed by atoms with Gasteiger partial charge < -0.3 is 14.8 Å². The van der Waals surface area contributed by atoms with E-state index in [9.17, 15) is 18.4 Å². The predicted molar refractivity (Wildman–Crippen MR) is 114 cm³/mol. The van der Waals surface area contributed by atoms with Crippen molar-refractivity contribution in [3.05, 3.63) is 90.5 Å². The second kappa shape index (κ2) is 11.1. The van der Waals surface area contributed by atoms with Crippen LogP contribution in [0.5, 0.6) is 5.75 Å². The lowest BCUT2D eigenvalue weighted by Gasteiger charge is -2.16. The maximum Gasteiger partial charge on any atom is 0.387 e. The fourth-order valence-corrected chi connectivity index (χ4v) is 3.73. The molecule has 8 heteroatoms. The molecule has 1 N–H and O–H groups in total. The lowest BCUT2D eigenvalue weighted by Crippen LogP contribution is -2.23. The SMILES string of the molecule is O=C(COC(=O)[C@@H](Sc1ccccc1)c1ccccc1)Nc1ccccc1OC(F)F. The first-order valence-corrected chi connectivity index (χ1v) is 10.2. The van der Waals surface area contributed by atoms with Gasteiger partial charge in [-0.25, -0.2) is 0 Å². The van der Waals surface area contributed by atoms with Gasteiger partial charge >= 0.3 is 12.6 Å². The van der Waals surface area contributed by atoms with E-state index in [-0.39, 0.29) is 11.4 Å². The van der Waals surface area contributed by atoms with Crippen LogP contribution < -0.4 is 10.1 Å². The average molecular weight is 443 g/mol. The van der Waals surface area contributed by atoms with E-state index in [0.29, 0.717) is 0 Å². The zero-order chi connectivity index (χ0) is 22.1. The van der Waals surface area contributed by atoms with Gasteiger partial charge in [-0.2, -0.15) is 8.78 Å². The van der Waals surface area contributed by atoms with E-state index in [1.807, 2.05) is 48.5 Å². The lowest BCUT2D eigenvalue weighted by atomic mass is 10.1. The highest BCUT2D eigenvalue weighted by molar-refractivity contribution is 8.00. The summed E-state index contributed by atoms with van der Waals surface area (Å²) in [6.07, 6.45) is 0. The molecule has 31 heavy (non-hydrogen) atoms. The number of halogens is 2. The van der Waals surface area contributed by atoms with E-state index in [1.54, 1.807) is 18.2 Å². The van der Waals surface area contributed by atoms with Crippen molar-refractivity contribution >= 4 is 29.3 Å². The molecule has 3 rings (SSSR count). The summed E-state index contributed by atoms with van der Waals surface area (Å²) < 4.78 is 34.6. The molecule has 3 aromatic carbocycles. The zero-order valence-electron chi connectivity index (χ0n) is 16.2. The Morgan fingerprint density at radius 2 is 1.48 bits per heavy atom. The Bertz CT molecular complexity index is 1000. The Hall–Kier alpha value is -3.39. The summed E-state index contributed by atoms with van der Waals surface area (Å²) in [6, 6.07) is 24.2. The maximum atomic E-state index is 12.8. The van der Waals surface area contributed by atoms with Crippen molar-refractivity contribution in [2.75, 3.05) is 11.9 Å². The summed E-state index contributed by atoms with van der Waals surface area (Å²) in [5.41, 5.74) is 0.791. The van der Waals surface area contributed by atoms with Crippen LogP contribution in [0.4, 0.5) is 14.5 Å². The van der Waals surface area contributed by atoms with Gasteiger partial charge in [0.1, 0.15) is 11.0 Å². The van der Waals surface area contributed by atoms with Crippen molar-refractivity contribution in [2.45, 2.75) is 16.8 Å². The minimum absolute atomic E-state index is 0.0575. The molecule has 0 aliphatic rings. The zero-order valence-corrected chi connectivity index (χ0v) is 17.1. The number of ether oxygens (including phenoxy) is 2. The highest BCUT2D eigenvalue weighted by Crippen LogP contribution is 2.36. The number of hydrogen-bond acceptors (Lipinski definition) is 5. The Morgan fingerprint density at radius 3 is 2.16 bits per heavy atom. The highest BCUT2D eigenvalue weighted by atomic mass is 32.2. The number of thioether (sulfide) groups is 1. The van der Waals surface area contributed by atoms with Crippen molar-refractivity contribution in [2.24, 2.45) is 0 Å².